The Morgan fingerprint density at radius 2 is 2.00 bits per heavy atom. The van der Waals surface area contributed by atoms with E-state index in [0.717, 1.165) is 12.2 Å². The zero-order valence-corrected chi connectivity index (χ0v) is 7.88. The van der Waals surface area contributed by atoms with Gasteiger partial charge in [0, 0.05) is 6.54 Å². The summed E-state index contributed by atoms with van der Waals surface area (Å²) in [6.45, 7) is 2.89. The second kappa shape index (κ2) is 3.45. The fourth-order valence-electron chi connectivity index (χ4n) is 1.23. The monoisotopic (exact) mass is 189 g/mol. The van der Waals surface area contributed by atoms with Gasteiger partial charge in [-0.3, -0.25) is 0 Å². The number of nitrogens with two attached hydrogens (primary N) is 1. The quantitative estimate of drug-likeness (QED) is 0.763. The Bertz CT molecular complexity index is 417. The number of aryl methyl sites for hydroxylation is 1. The summed E-state index contributed by atoms with van der Waals surface area (Å²) in [7, 11) is 0. The number of aromatic nitrogens is 4. The average Bonchev–Trinajstić information content (AvgIpc) is 2.67. The van der Waals surface area contributed by atoms with Crippen molar-refractivity contribution in [2.24, 2.45) is 0 Å². The van der Waals surface area contributed by atoms with E-state index >= 15 is 0 Å². The molecule has 0 saturated heterocycles. The molecule has 72 valence electrons. The van der Waals surface area contributed by atoms with Crippen molar-refractivity contribution >= 4 is 5.69 Å². The molecule has 0 amide bonds. The Morgan fingerprint density at radius 1 is 1.29 bits per heavy atom. The maximum absolute atomic E-state index is 5.50. The van der Waals surface area contributed by atoms with Crippen molar-refractivity contribution in [2.45, 2.75) is 13.5 Å². The lowest BCUT2D eigenvalue weighted by Gasteiger charge is -2.02. The second-order valence-corrected chi connectivity index (χ2v) is 2.90. The lowest BCUT2D eigenvalue weighted by atomic mass is 10.4. The van der Waals surface area contributed by atoms with Crippen LogP contribution >= 0.6 is 0 Å². The van der Waals surface area contributed by atoms with Crippen molar-refractivity contribution in [1.29, 1.82) is 0 Å². The molecule has 0 bridgehead atoms. The predicted octanol–water partition coefficient (Wildman–Crippen LogP) is 0.942. The SMILES string of the molecule is CCn1cncc1-c1ncc(N)cn1. The van der Waals surface area contributed by atoms with Gasteiger partial charge in [-0.05, 0) is 6.92 Å². The van der Waals surface area contributed by atoms with Crippen LogP contribution in [0.2, 0.25) is 0 Å². The summed E-state index contributed by atoms with van der Waals surface area (Å²) in [5.41, 5.74) is 6.98. The maximum atomic E-state index is 5.50. The van der Waals surface area contributed by atoms with E-state index in [2.05, 4.69) is 15.0 Å². The van der Waals surface area contributed by atoms with Crippen LogP contribution in [0.15, 0.2) is 24.9 Å². The number of hydrogen-bond donors (Lipinski definition) is 1. The summed E-state index contributed by atoms with van der Waals surface area (Å²) in [5.74, 6) is 0.651. The molecular formula is C9H11N5. The Kier molecular flexibility index (Phi) is 2.14. The zero-order chi connectivity index (χ0) is 9.97. The van der Waals surface area contributed by atoms with E-state index in [4.69, 9.17) is 5.73 Å². The number of nitrogen functional groups attached to an aromatic ring is 1. The van der Waals surface area contributed by atoms with Crippen LogP contribution in [-0.4, -0.2) is 19.5 Å². The van der Waals surface area contributed by atoms with Gasteiger partial charge in [-0.2, -0.15) is 0 Å². The third kappa shape index (κ3) is 1.44. The van der Waals surface area contributed by atoms with Gasteiger partial charge < -0.3 is 10.3 Å². The van der Waals surface area contributed by atoms with Gasteiger partial charge in [-0.25, -0.2) is 15.0 Å². The van der Waals surface area contributed by atoms with Crippen molar-refractivity contribution in [2.75, 3.05) is 5.73 Å². The molecule has 2 aromatic heterocycles. The third-order valence-electron chi connectivity index (χ3n) is 1.95. The van der Waals surface area contributed by atoms with Crippen LogP contribution in [-0.2, 0) is 6.54 Å². The first kappa shape index (κ1) is 8.68. The molecule has 0 aliphatic carbocycles. The van der Waals surface area contributed by atoms with E-state index in [0.29, 0.717) is 11.5 Å². The number of hydrogen-bond acceptors (Lipinski definition) is 4. The first-order valence-corrected chi connectivity index (χ1v) is 4.39. The lowest BCUT2D eigenvalue weighted by molar-refractivity contribution is 0.763. The van der Waals surface area contributed by atoms with Gasteiger partial charge in [-0.15, -0.1) is 0 Å². The normalized spacial score (nSPS) is 10.4. The molecule has 2 aromatic rings. The molecule has 0 spiro atoms. The third-order valence-corrected chi connectivity index (χ3v) is 1.95. The molecule has 2 rings (SSSR count). The minimum absolute atomic E-state index is 0.566. The minimum Gasteiger partial charge on any atom is -0.396 e. The largest absolute Gasteiger partial charge is 0.396 e. The van der Waals surface area contributed by atoms with Crippen LogP contribution in [0, 0.1) is 0 Å². The number of anilines is 1. The van der Waals surface area contributed by atoms with Crippen molar-refractivity contribution in [3.05, 3.63) is 24.9 Å². The van der Waals surface area contributed by atoms with E-state index < -0.39 is 0 Å². The smallest absolute Gasteiger partial charge is 0.177 e. The van der Waals surface area contributed by atoms with Crippen LogP contribution in [0.4, 0.5) is 5.69 Å². The van der Waals surface area contributed by atoms with Crippen LogP contribution < -0.4 is 5.73 Å². The van der Waals surface area contributed by atoms with Gasteiger partial charge in [0.15, 0.2) is 5.82 Å². The summed E-state index contributed by atoms with van der Waals surface area (Å²) in [6, 6.07) is 0. The molecule has 0 radical (unpaired) electrons. The van der Waals surface area contributed by atoms with Crippen LogP contribution in [0.3, 0.4) is 0 Å². The highest BCUT2D eigenvalue weighted by molar-refractivity contribution is 5.49. The molecule has 0 aromatic carbocycles. The summed E-state index contributed by atoms with van der Waals surface area (Å²) in [6.07, 6.45) is 6.69. The zero-order valence-electron chi connectivity index (χ0n) is 7.88. The molecule has 2 N–H and O–H groups in total. The van der Waals surface area contributed by atoms with Gasteiger partial charge in [0.2, 0.25) is 0 Å². The molecule has 5 nitrogen and oxygen atoms in total. The van der Waals surface area contributed by atoms with Gasteiger partial charge in [0.05, 0.1) is 30.6 Å². The average molecular weight is 189 g/mol. The van der Waals surface area contributed by atoms with E-state index in [1.165, 1.54) is 0 Å². The van der Waals surface area contributed by atoms with Crippen molar-refractivity contribution in [1.82, 2.24) is 19.5 Å². The molecular weight excluding hydrogens is 178 g/mol. The summed E-state index contributed by atoms with van der Waals surface area (Å²) in [4.78, 5) is 12.3. The van der Waals surface area contributed by atoms with Gasteiger partial charge >= 0.3 is 0 Å². The maximum Gasteiger partial charge on any atom is 0.177 e. The lowest BCUT2D eigenvalue weighted by Crippen LogP contribution is -1.99. The Balaban J connectivity index is 2.44. The standard InChI is InChI=1S/C9H11N5/c1-2-14-6-11-5-8(14)9-12-3-7(10)4-13-9/h3-6H,2,10H2,1H3. The Labute approximate surface area is 81.6 Å². The van der Waals surface area contributed by atoms with Crippen molar-refractivity contribution in [3.63, 3.8) is 0 Å². The molecule has 0 unspecified atom stereocenters. The summed E-state index contributed by atoms with van der Waals surface area (Å²) >= 11 is 0. The van der Waals surface area contributed by atoms with Crippen molar-refractivity contribution in [3.8, 4) is 11.5 Å². The molecule has 0 aliphatic heterocycles. The van der Waals surface area contributed by atoms with Gasteiger partial charge in [0.25, 0.3) is 0 Å². The van der Waals surface area contributed by atoms with E-state index in [1.54, 1.807) is 24.9 Å². The number of rotatable bonds is 2. The molecule has 14 heavy (non-hydrogen) atoms. The fraction of sp³-hybridized carbons (Fsp3) is 0.222. The van der Waals surface area contributed by atoms with Gasteiger partial charge in [-0.1, -0.05) is 0 Å². The fourth-order valence-corrected chi connectivity index (χ4v) is 1.23. The highest BCUT2D eigenvalue weighted by Gasteiger charge is 2.05. The first-order valence-electron chi connectivity index (χ1n) is 4.39. The van der Waals surface area contributed by atoms with Crippen LogP contribution in [0.25, 0.3) is 11.5 Å². The number of imidazole rings is 1. The molecule has 2 heterocycles. The first-order chi connectivity index (χ1) is 6.81. The minimum atomic E-state index is 0.566. The predicted molar refractivity (Wildman–Crippen MR) is 53.3 cm³/mol. The molecule has 0 saturated carbocycles. The van der Waals surface area contributed by atoms with Crippen molar-refractivity contribution < 1.29 is 0 Å². The topological polar surface area (TPSA) is 69.6 Å². The van der Waals surface area contributed by atoms with E-state index in [-0.39, 0.29) is 0 Å². The molecule has 0 aliphatic rings. The van der Waals surface area contributed by atoms with Crippen LogP contribution in [0.5, 0.6) is 0 Å². The van der Waals surface area contributed by atoms with Crippen LogP contribution in [0.1, 0.15) is 6.92 Å². The second-order valence-electron chi connectivity index (χ2n) is 2.90. The molecule has 0 atom stereocenters. The summed E-state index contributed by atoms with van der Waals surface area (Å²) < 4.78 is 1.98. The Morgan fingerprint density at radius 3 is 2.64 bits per heavy atom. The highest BCUT2D eigenvalue weighted by atomic mass is 15.1. The molecule has 5 heteroatoms. The van der Waals surface area contributed by atoms with Gasteiger partial charge in [0.1, 0.15) is 5.69 Å². The van der Waals surface area contributed by atoms with E-state index in [1.807, 2.05) is 11.5 Å². The van der Waals surface area contributed by atoms with E-state index in [9.17, 15) is 0 Å². The Hall–Kier alpha value is -1.91. The molecule has 0 fully saturated rings. The summed E-state index contributed by atoms with van der Waals surface area (Å²) in [5, 5.41) is 0. The highest BCUT2D eigenvalue weighted by Crippen LogP contribution is 2.13. The number of nitrogens with zero attached hydrogens (tertiary/aromatic N) is 4.